The normalized spacial score (nSPS) is 22.4. The lowest BCUT2D eigenvalue weighted by molar-refractivity contribution is -0.131. The van der Waals surface area contributed by atoms with Crippen molar-refractivity contribution in [2.75, 3.05) is 19.8 Å². The third-order valence-corrected chi connectivity index (χ3v) is 3.33. The third kappa shape index (κ3) is 3.06. The molecular formula is C14H20O3. The number of hydrogen-bond acceptors (Lipinski definition) is 3. The first-order valence-corrected chi connectivity index (χ1v) is 6.11. The molecule has 3 nitrogen and oxygen atoms in total. The van der Waals surface area contributed by atoms with E-state index in [0.717, 1.165) is 0 Å². The van der Waals surface area contributed by atoms with Crippen molar-refractivity contribution in [1.82, 2.24) is 0 Å². The summed E-state index contributed by atoms with van der Waals surface area (Å²) in [5.41, 5.74) is 3.66. The summed E-state index contributed by atoms with van der Waals surface area (Å²) in [7, 11) is 0. The summed E-state index contributed by atoms with van der Waals surface area (Å²) < 4.78 is 10.8. The third-order valence-electron chi connectivity index (χ3n) is 3.33. The van der Waals surface area contributed by atoms with Gasteiger partial charge in [0.15, 0.2) is 0 Å². The van der Waals surface area contributed by atoms with Crippen molar-refractivity contribution in [2.45, 2.75) is 32.5 Å². The fraction of sp³-hybridized carbons (Fsp3) is 0.571. The average molecular weight is 236 g/mol. The summed E-state index contributed by atoms with van der Waals surface area (Å²) in [4.78, 5) is 0. The highest BCUT2D eigenvalue weighted by molar-refractivity contribution is 5.34. The molecular weight excluding hydrogens is 216 g/mol. The molecule has 0 radical (unpaired) electrons. The van der Waals surface area contributed by atoms with Gasteiger partial charge < -0.3 is 14.6 Å². The highest BCUT2D eigenvalue weighted by atomic mass is 16.6. The molecule has 3 heteroatoms. The van der Waals surface area contributed by atoms with Crippen LogP contribution in [-0.4, -0.2) is 37.1 Å². The highest BCUT2D eigenvalue weighted by Gasteiger charge is 2.24. The van der Waals surface area contributed by atoms with E-state index in [-0.39, 0.29) is 6.10 Å². The fourth-order valence-electron chi connectivity index (χ4n) is 2.24. The lowest BCUT2D eigenvalue weighted by Crippen LogP contribution is -2.39. The van der Waals surface area contributed by atoms with Crippen LogP contribution in [0.4, 0.5) is 0 Å². The van der Waals surface area contributed by atoms with Gasteiger partial charge in [-0.3, -0.25) is 0 Å². The van der Waals surface area contributed by atoms with Crippen molar-refractivity contribution in [3.63, 3.8) is 0 Å². The molecule has 1 aliphatic rings. The maximum atomic E-state index is 10.2. The second kappa shape index (κ2) is 5.63. The lowest BCUT2D eigenvalue weighted by atomic mass is 9.95. The van der Waals surface area contributed by atoms with E-state index in [0.29, 0.717) is 26.2 Å². The van der Waals surface area contributed by atoms with E-state index >= 15 is 0 Å². The van der Waals surface area contributed by atoms with Gasteiger partial charge in [0, 0.05) is 6.42 Å². The second-order valence-corrected chi connectivity index (χ2v) is 4.63. The summed E-state index contributed by atoms with van der Waals surface area (Å²) in [6, 6.07) is 6.20. The quantitative estimate of drug-likeness (QED) is 0.866. The number of aliphatic hydroxyl groups is 1. The first-order chi connectivity index (χ1) is 8.18. The Balaban J connectivity index is 2.04. The minimum Gasteiger partial charge on any atom is -0.390 e. The van der Waals surface area contributed by atoms with Crippen LogP contribution >= 0.6 is 0 Å². The zero-order valence-electron chi connectivity index (χ0n) is 10.5. The molecule has 94 valence electrons. The van der Waals surface area contributed by atoms with Gasteiger partial charge in [-0.2, -0.15) is 0 Å². The number of benzene rings is 1. The Bertz CT molecular complexity index is 349. The second-order valence-electron chi connectivity index (χ2n) is 4.63. The van der Waals surface area contributed by atoms with E-state index in [1.807, 2.05) is 6.07 Å². The molecule has 1 heterocycles. The first kappa shape index (κ1) is 12.6. The van der Waals surface area contributed by atoms with Crippen molar-refractivity contribution in [3.8, 4) is 0 Å². The Kier molecular flexibility index (Phi) is 4.15. The standard InChI is InChI=1S/C14H20O3/c1-10-4-3-5-11(2)12(10)8-13(15)14-9-16-6-7-17-14/h3-5,13-15H,6-9H2,1-2H3. The van der Waals surface area contributed by atoms with E-state index in [2.05, 4.69) is 26.0 Å². The van der Waals surface area contributed by atoms with Crippen LogP contribution in [0, 0.1) is 13.8 Å². The smallest absolute Gasteiger partial charge is 0.107 e. The van der Waals surface area contributed by atoms with Gasteiger partial charge in [-0.05, 0) is 30.5 Å². The van der Waals surface area contributed by atoms with Gasteiger partial charge in [0.25, 0.3) is 0 Å². The van der Waals surface area contributed by atoms with E-state index in [9.17, 15) is 5.11 Å². The molecule has 1 aromatic rings. The largest absolute Gasteiger partial charge is 0.390 e. The molecule has 1 fully saturated rings. The Morgan fingerprint density at radius 3 is 2.59 bits per heavy atom. The summed E-state index contributed by atoms with van der Waals surface area (Å²) in [6.07, 6.45) is -0.0511. The van der Waals surface area contributed by atoms with Crippen LogP contribution in [0.25, 0.3) is 0 Å². The molecule has 1 N–H and O–H groups in total. The van der Waals surface area contributed by atoms with Gasteiger partial charge in [0.2, 0.25) is 0 Å². The van der Waals surface area contributed by atoms with Crippen molar-refractivity contribution in [2.24, 2.45) is 0 Å². The van der Waals surface area contributed by atoms with Gasteiger partial charge in [-0.15, -0.1) is 0 Å². The molecule has 0 spiro atoms. The van der Waals surface area contributed by atoms with Crippen LogP contribution in [0.5, 0.6) is 0 Å². The average Bonchev–Trinajstić information content (AvgIpc) is 2.35. The zero-order chi connectivity index (χ0) is 12.3. The predicted molar refractivity (Wildman–Crippen MR) is 66.2 cm³/mol. The van der Waals surface area contributed by atoms with Crippen LogP contribution in [0.3, 0.4) is 0 Å². The zero-order valence-corrected chi connectivity index (χ0v) is 10.5. The molecule has 0 bridgehead atoms. The summed E-state index contributed by atoms with van der Waals surface area (Å²) in [5, 5.41) is 10.2. The van der Waals surface area contributed by atoms with Crippen LogP contribution in [0.1, 0.15) is 16.7 Å². The van der Waals surface area contributed by atoms with Crippen molar-refractivity contribution in [3.05, 3.63) is 34.9 Å². The number of aryl methyl sites for hydroxylation is 2. The van der Waals surface area contributed by atoms with Crippen LogP contribution in [0.2, 0.25) is 0 Å². The van der Waals surface area contributed by atoms with E-state index in [1.54, 1.807) is 0 Å². The Hall–Kier alpha value is -0.900. The molecule has 0 amide bonds. The van der Waals surface area contributed by atoms with Crippen molar-refractivity contribution in [1.29, 1.82) is 0 Å². The van der Waals surface area contributed by atoms with Gasteiger partial charge in [-0.1, -0.05) is 18.2 Å². The molecule has 1 aromatic carbocycles. The summed E-state index contributed by atoms with van der Waals surface area (Å²) in [6.45, 7) is 5.85. The molecule has 17 heavy (non-hydrogen) atoms. The number of hydrogen-bond donors (Lipinski definition) is 1. The molecule has 1 aliphatic heterocycles. The fourth-order valence-corrected chi connectivity index (χ4v) is 2.24. The van der Waals surface area contributed by atoms with Crippen LogP contribution in [-0.2, 0) is 15.9 Å². The van der Waals surface area contributed by atoms with E-state index in [4.69, 9.17) is 9.47 Å². The predicted octanol–water partition coefficient (Wildman–Crippen LogP) is 1.62. The van der Waals surface area contributed by atoms with Gasteiger partial charge in [0.1, 0.15) is 6.10 Å². The van der Waals surface area contributed by atoms with Crippen LogP contribution in [0.15, 0.2) is 18.2 Å². The Labute approximate surface area is 102 Å². The minimum atomic E-state index is -0.491. The highest BCUT2D eigenvalue weighted by Crippen LogP contribution is 2.18. The molecule has 2 atom stereocenters. The van der Waals surface area contributed by atoms with Gasteiger partial charge >= 0.3 is 0 Å². The lowest BCUT2D eigenvalue weighted by Gasteiger charge is -2.27. The van der Waals surface area contributed by atoms with Crippen LogP contribution < -0.4 is 0 Å². The minimum absolute atomic E-state index is 0.192. The molecule has 0 aromatic heterocycles. The summed E-state index contributed by atoms with van der Waals surface area (Å²) >= 11 is 0. The number of ether oxygens (including phenoxy) is 2. The van der Waals surface area contributed by atoms with E-state index < -0.39 is 6.10 Å². The Morgan fingerprint density at radius 1 is 1.29 bits per heavy atom. The maximum Gasteiger partial charge on any atom is 0.107 e. The molecule has 2 unspecified atom stereocenters. The van der Waals surface area contributed by atoms with Gasteiger partial charge in [0.05, 0.1) is 25.9 Å². The SMILES string of the molecule is Cc1cccc(C)c1CC(O)C1COCCO1. The monoisotopic (exact) mass is 236 g/mol. The van der Waals surface area contributed by atoms with Gasteiger partial charge in [-0.25, -0.2) is 0 Å². The number of aliphatic hydroxyl groups excluding tert-OH is 1. The van der Waals surface area contributed by atoms with Crippen molar-refractivity contribution < 1.29 is 14.6 Å². The molecule has 0 saturated carbocycles. The molecule has 0 aliphatic carbocycles. The topological polar surface area (TPSA) is 38.7 Å². The molecule has 2 rings (SSSR count). The van der Waals surface area contributed by atoms with Crippen molar-refractivity contribution >= 4 is 0 Å². The maximum absolute atomic E-state index is 10.2. The first-order valence-electron chi connectivity index (χ1n) is 6.11. The number of rotatable bonds is 3. The molecule has 1 saturated heterocycles. The summed E-state index contributed by atoms with van der Waals surface area (Å²) in [5.74, 6) is 0. The Morgan fingerprint density at radius 2 is 2.00 bits per heavy atom. The van der Waals surface area contributed by atoms with E-state index in [1.165, 1.54) is 16.7 Å².